The van der Waals surface area contributed by atoms with Crippen molar-refractivity contribution in [3.05, 3.63) is 34.3 Å². The molecular weight excluding hydrogens is 298 g/mol. The molecule has 0 amide bonds. The summed E-state index contributed by atoms with van der Waals surface area (Å²) in [5, 5.41) is 3.80. The molecule has 0 spiro atoms. The fraction of sp³-hybridized carbons (Fsp3) is 0.647. The second kappa shape index (κ2) is 7.44. The monoisotopic (exact) mass is 323 g/mol. The Balaban J connectivity index is 1.80. The van der Waals surface area contributed by atoms with Gasteiger partial charge >= 0.3 is 0 Å². The third-order valence-corrected chi connectivity index (χ3v) is 4.93. The fourth-order valence-electron chi connectivity index (χ4n) is 3.23. The van der Waals surface area contributed by atoms with Crippen molar-refractivity contribution in [1.29, 1.82) is 0 Å². The zero-order valence-electron chi connectivity index (χ0n) is 12.2. The van der Waals surface area contributed by atoms with Gasteiger partial charge in [-0.1, -0.05) is 47.8 Å². The van der Waals surface area contributed by atoms with E-state index in [4.69, 9.17) is 0 Å². The highest BCUT2D eigenvalue weighted by atomic mass is 79.9. The molecule has 106 valence electrons. The molecule has 1 nitrogen and oxygen atoms in total. The number of hydrogen-bond acceptors (Lipinski definition) is 1. The first-order chi connectivity index (χ1) is 9.19. The summed E-state index contributed by atoms with van der Waals surface area (Å²) in [6.45, 7) is 4.58. The van der Waals surface area contributed by atoms with E-state index in [0.717, 1.165) is 10.4 Å². The molecule has 2 rings (SSSR count). The van der Waals surface area contributed by atoms with Crippen LogP contribution < -0.4 is 5.32 Å². The van der Waals surface area contributed by atoms with Crippen molar-refractivity contribution in [2.75, 3.05) is 0 Å². The summed E-state index contributed by atoms with van der Waals surface area (Å²) >= 11 is 3.49. The topological polar surface area (TPSA) is 12.0 Å². The van der Waals surface area contributed by atoms with E-state index < -0.39 is 0 Å². The standard InChI is InChI=1S/C17H26BrN/c1-3-4-14-5-11-17(12-6-14)19-13(2)15-7-9-16(18)10-8-15/h7-10,13-14,17,19H,3-6,11-12H2,1-2H3/t13-,14?,17?/m0/s1. The van der Waals surface area contributed by atoms with E-state index in [1.807, 2.05) is 0 Å². The van der Waals surface area contributed by atoms with Gasteiger partial charge < -0.3 is 5.32 Å². The van der Waals surface area contributed by atoms with Gasteiger partial charge in [-0.05, 0) is 56.2 Å². The van der Waals surface area contributed by atoms with E-state index in [2.05, 4.69) is 59.4 Å². The van der Waals surface area contributed by atoms with E-state index in [9.17, 15) is 0 Å². The minimum absolute atomic E-state index is 0.459. The van der Waals surface area contributed by atoms with Gasteiger partial charge in [0.25, 0.3) is 0 Å². The number of halogens is 1. The van der Waals surface area contributed by atoms with Crippen molar-refractivity contribution in [1.82, 2.24) is 5.32 Å². The van der Waals surface area contributed by atoms with Crippen LogP contribution >= 0.6 is 15.9 Å². The molecule has 19 heavy (non-hydrogen) atoms. The van der Waals surface area contributed by atoms with Gasteiger partial charge in [0.2, 0.25) is 0 Å². The van der Waals surface area contributed by atoms with Crippen molar-refractivity contribution >= 4 is 15.9 Å². The maximum absolute atomic E-state index is 3.80. The number of benzene rings is 1. The van der Waals surface area contributed by atoms with Crippen LogP contribution in [-0.2, 0) is 0 Å². The Kier molecular flexibility index (Phi) is 5.90. The highest BCUT2D eigenvalue weighted by Gasteiger charge is 2.21. The van der Waals surface area contributed by atoms with Crippen LogP contribution in [0.4, 0.5) is 0 Å². The molecule has 1 fully saturated rings. The molecular formula is C17H26BrN. The minimum atomic E-state index is 0.459. The summed E-state index contributed by atoms with van der Waals surface area (Å²) in [5.74, 6) is 0.992. The van der Waals surface area contributed by atoms with E-state index in [-0.39, 0.29) is 0 Å². The first-order valence-electron chi connectivity index (χ1n) is 7.70. The Morgan fingerprint density at radius 1 is 1.16 bits per heavy atom. The van der Waals surface area contributed by atoms with E-state index in [0.29, 0.717) is 12.1 Å². The zero-order chi connectivity index (χ0) is 13.7. The van der Waals surface area contributed by atoms with Crippen LogP contribution in [0.15, 0.2) is 28.7 Å². The molecule has 0 radical (unpaired) electrons. The summed E-state index contributed by atoms with van der Waals surface area (Å²) in [7, 11) is 0. The Morgan fingerprint density at radius 2 is 1.79 bits per heavy atom. The quantitative estimate of drug-likeness (QED) is 0.758. The number of rotatable bonds is 5. The maximum atomic E-state index is 3.80. The van der Waals surface area contributed by atoms with Gasteiger partial charge in [-0.3, -0.25) is 0 Å². The van der Waals surface area contributed by atoms with Crippen LogP contribution in [0.3, 0.4) is 0 Å². The molecule has 0 heterocycles. The predicted molar refractivity (Wildman–Crippen MR) is 86.3 cm³/mol. The van der Waals surface area contributed by atoms with Crippen LogP contribution in [-0.4, -0.2) is 6.04 Å². The first-order valence-corrected chi connectivity index (χ1v) is 8.50. The molecule has 1 aromatic carbocycles. The van der Waals surface area contributed by atoms with E-state index in [1.165, 1.54) is 44.1 Å². The van der Waals surface area contributed by atoms with Gasteiger partial charge in [0.15, 0.2) is 0 Å². The van der Waals surface area contributed by atoms with Gasteiger partial charge in [-0.15, -0.1) is 0 Å². The summed E-state index contributed by atoms with van der Waals surface area (Å²) in [5.41, 5.74) is 1.39. The van der Waals surface area contributed by atoms with Gasteiger partial charge in [0.05, 0.1) is 0 Å². The molecule has 1 N–H and O–H groups in total. The summed E-state index contributed by atoms with van der Waals surface area (Å²) in [6.07, 6.45) is 8.31. The summed E-state index contributed by atoms with van der Waals surface area (Å²) in [4.78, 5) is 0. The van der Waals surface area contributed by atoms with Gasteiger partial charge in [0.1, 0.15) is 0 Å². The molecule has 1 aliphatic rings. The van der Waals surface area contributed by atoms with Crippen LogP contribution in [0.2, 0.25) is 0 Å². The van der Waals surface area contributed by atoms with Crippen LogP contribution in [0.25, 0.3) is 0 Å². The minimum Gasteiger partial charge on any atom is -0.307 e. The Bertz CT molecular complexity index is 365. The van der Waals surface area contributed by atoms with Crippen LogP contribution in [0.1, 0.15) is 64.0 Å². The predicted octanol–water partition coefficient (Wildman–Crippen LogP) is 5.46. The fourth-order valence-corrected chi connectivity index (χ4v) is 3.49. The average Bonchev–Trinajstić information content (AvgIpc) is 2.42. The largest absolute Gasteiger partial charge is 0.307 e. The van der Waals surface area contributed by atoms with Gasteiger partial charge in [0, 0.05) is 16.6 Å². The lowest BCUT2D eigenvalue weighted by molar-refractivity contribution is 0.266. The number of nitrogens with one attached hydrogen (secondary N) is 1. The van der Waals surface area contributed by atoms with Crippen molar-refractivity contribution in [2.45, 2.75) is 64.5 Å². The Labute approximate surface area is 126 Å². The highest BCUT2D eigenvalue weighted by molar-refractivity contribution is 9.10. The maximum Gasteiger partial charge on any atom is 0.0294 e. The second-order valence-corrected chi connectivity index (χ2v) is 6.86. The summed E-state index contributed by atoms with van der Waals surface area (Å²) in [6, 6.07) is 9.86. The lowest BCUT2D eigenvalue weighted by atomic mass is 9.83. The SMILES string of the molecule is CCCC1CCC(N[C@@H](C)c2ccc(Br)cc2)CC1. The Morgan fingerprint density at radius 3 is 2.37 bits per heavy atom. The molecule has 0 saturated heterocycles. The molecule has 0 aromatic heterocycles. The first kappa shape index (κ1) is 15.1. The zero-order valence-corrected chi connectivity index (χ0v) is 13.7. The van der Waals surface area contributed by atoms with Crippen molar-refractivity contribution < 1.29 is 0 Å². The highest BCUT2D eigenvalue weighted by Crippen LogP contribution is 2.29. The smallest absolute Gasteiger partial charge is 0.0294 e. The molecule has 1 atom stereocenters. The molecule has 1 aliphatic carbocycles. The lowest BCUT2D eigenvalue weighted by Crippen LogP contribution is -2.35. The van der Waals surface area contributed by atoms with Crippen molar-refractivity contribution in [3.8, 4) is 0 Å². The Hall–Kier alpha value is -0.340. The molecule has 1 saturated carbocycles. The average molecular weight is 324 g/mol. The van der Waals surface area contributed by atoms with Gasteiger partial charge in [-0.2, -0.15) is 0 Å². The third-order valence-electron chi connectivity index (χ3n) is 4.40. The van der Waals surface area contributed by atoms with Crippen LogP contribution in [0.5, 0.6) is 0 Å². The summed E-state index contributed by atoms with van der Waals surface area (Å²) < 4.78 is 1.16. The molecule has 1 aromatic rings. The molecule has 2 heteroatoms. The van der Waals surface area contributed by atoms with E-state index >= 15 is 0 Å². The normalized spacial score (nSPS) is 25.2. The third kappa shape index (κ3) is 4.61. The second-order valence-electron chi connectivity index (χ2n) is 5.95. The lowest BCUT2D eigenvalue weighted by Gasteiger charge is -2.31. The van der Waals surface area contributed by atoms with E-state index in [1.54, 1.807) is 0 Å². The van der Waals surface area contributed by atoms with Crippen molar-refractivity contribution in [2.24, 2.45) is 5.92 Å². The van der Waals surface area contributed by atoms with Crippen LogP contribution in [0, 0.1) is 5.92 Å². The number of hydrogen-bond donors (Lipinski definition) is 1. The molecule has 0 bridgehead atoms. The molecule has 0 aliphatic heterocycles. The van der Waals surface area contributed by atoms with Crippen molar-refractivity contribution in [3.63, 3.8) is 0 Å². The molecule has 0 unspecified atom stereocenters. The van der Waals surface area contributed by atoms with Gasteiger partial charge in [-0.25, -0.2) is 0 Å².